The molecule has 1 rings (SSSR count). The average Bonchev–Trinajstić information content (AvgIpc) is 2.20. The van der Waals surface area contributed by atoms with E-state index in [1.807, 2.05) is 25.1 Å². The van der Waals surface area contributed by atoms with Crippen molar-refractivity contribution in [2.75, 3.05) is 0 Å². The maximum Gasteiger partial charge on any atom is 0.252 e. The molecule has 0 bridgehead atoms. The molecule has 0 aliphatic carbocycles. The Balaban J connectivity index is 2.73. The van der Waals surface area contributed by atoms with Gasteiger partial charge in [-0.3, -0.25) is 4.79 Å². The Morgan fingerprint density at radius 3 is 2.65 bits per heavy atom. The SMILES string of the molecule is CC(C)CC(C)NC(=O)c1cc(I)ccc1Br. The molecule has 0 saturated heterocycles. The van der Waals surface area contributed by atoms with Crippen LogP contribution in [-0.4, -0.2) is 11.9 Å². The molecule has 0 aliphatic rings. The molecule has 0 radical (unpaired) electrons. The number of nitrogens with one attached hydrogen (secondary N) is 1. The van der Waals surface area contributed by atoms with Crippen molar-refractivity contribution in [2.24, 2.45) is 5.92 Å². The molecule has 0 fully saturated rings. The summed E-state index contributed by atoms with van der Waals surface area (Å²) in [5.41, 5.74) is 0.701. The summed E-state index contributed by atoms with van der Waals surface area (Å²) >= 11 is 5.62. The van der Waals surface area contributed by atoms with Crippen LogP contribution in [0.25, 0.3) is 0 Å². The molecule has 0 aromatic heterocycles. The normalized spacial score (nSPS) is 12.6. The lowest BCUT2D eigenvalue weighted by Crippen LogP contribution is -2.33. The minimum atomic E-state index is -0.0106. The van der Waals surface area contributed by atoms with Crippen LogP contribution in [-0.2, 0) is 0 Å². The van der Waals surface area contributed by atoms with Crippen LogP contribution in [0.15, 0.2) is 22.7 Å². The number of benzene rings is 1. The standard InChI is InChI=1S/C13H17BrINO/c1-8(2)6-9(3)16-13(17)11-7-10(15)4-5-12(11)14/h4-5,7-9H,6H2,1-3H3,(H,16,17). The van der Waals surface area contributed by atoms with E-state index in [4.69, 9.17) is 0 Å². The van der Waals surface area contributed by atoms with Crippen LogP contribution in [0.1, 0.15) is 37.6 Å². The van der Waals surface area contributed by atoms with Gasteiger partial charge in [-0.15, -0.1) is 0 Å². The van der Waals surface area contributed by atoms with Gasteiger partial charge in [-0.05, 0) is 76.0 Å². The molecule has 1 aromatic carbocycles. The highest BCUT2D eigenvalue weighted by molar-refractivity contribution is 14.1. The summed E-state index contributed by atoms with van der Waals surface area (Å²) in [6.45, 7) is 6.35. The summed E-state index contributed by atoms with van der Waals surface area (Å²) in [4.78, 5) is 12.1. The predicted molar refractivity (Wildman–Crippen MR) is 83.2 cm³/mol. The fourth-order valence-electron chi connectivity index (χ4n) is 1.74. The number of rotatable bonds is 4. The van der Waals surface area contributed by atoms with Gasteiger partial charge in [-0.2, -0.15) is 0 Å². The van der Waals surface area contributed by atoms with Crippen LogP contribution in [0.2, 0.25) is 0 Å². The summed E-state index contributed by atoms with van der Waals surface area (Å²) < 4.78 is 1.90. The lowest BCUT2D eigenvalue weighted by atomic mass is 10.0. The maximum atomic E-state index is 12.1. The van der Waals surface area contributed by atoms with E-state index in [0.29, 0.717) is 11.5 Å². The van der Waals surface area contributed by atoms with Crippen molar-refractivity contribution in [1.29, 1.82) is 0 Å². The van der Waals surface area contributed by atoms with Crippen LogP contribution >= 0.6 is 38.5 Å². The summed E-state index contributed by atoms with van der Waals surface area (Å²) in [6.07, 6.45) is 0.993. The van der Waals surface area contributed by atoms with Crippen LogP contribution in [0.4, 0.5) is 0 Å². The van der Waals surface area contributed by atoms with E-state index in [9.17, 15) is 4.79 Å². The van der Waals surface area contributed by atoms with Gasteiger partial charge in [0.2, 0.25) is 0 Å². The fourth-order valence-corrected chi connectivity index (χ4v) is 2.66. The fraction of sp³-hybridized carbons (Fsp3) is 0.462. The second-order valence-corrected chi connectivity index (χ2v) is 6.73. The van der Waals surface area contributed by atoms with Gasteiger partial charge < -0.3 is 5.32 Å². The number of carbonyl (C=O) groups excluding carboxylic acids is 1. The molecular weight excluding hydrogens is 393 g/mol. The number of carbonyl (C=O) groups is 1. The van der Waals surface area contributed by atoms with Crippen LogP contribution in [0.5, 0.6) is 0 Å². The van der Waals surface area contributed by atoms with E-state index in [2.05, 4.69) is 57.7 Å². The van der Waals surface area contributed by atoms with Gasteiger partial charge in [0.15, 0.2) is 0 Å². The topological polar surface area (TPSA) is 29.1 Å². The summed E-state index contributed by atoms with van der Waals surface area (Å²) in [6, 6.07) is 5.97. The van der Waals surface area contributed by atoms with E-state index < -0.39 is 0 Å². The molecule has 2 nitrogen and oxygen atoms in total. The van der Waals surface area contributed by atoms with E-state index >= 15 is 0 Å². The minimum absolute atomic E-state index is 0.0106. The highest BCUT2D eigenvalue weighted by Gasteiger charge is 2.13. The molecule has 94 valence electrons. The molecule has 0 heterocycles. The molecular formula is C13H17BrINO. The van der Waals surface area contributed by atoms with Gasteiger partial charge in [0.1, 0.15) is 0 Å². The maximum absolute atomic E-state index is 12.1. The van der Waals surface area contributed by atoms with Crippen molar-refractivity contribution in [3.05, 3.63) is 31.8 Å². The zero-order valence-corrected chi connectivity index (χ0v) is 14.0. The first kappa shape index (κ1) is 15.0. The zero-order chi connectivity index (χ0) is 13.0. The van der Waals surface area contributed by atoms with Gasteiger partial charge in [-0.25, -0.2) is 0 Å². The third-order valence-electron chi connectivity index (χ3n) is 2.38. The third-order valence-corrected chi connectivity index (χ3v) is 3.74. The van der Waals surface area contributed by atoms with E-state index in [1.165, 1.54) is 0 Å². The van der Waals surface area contributed by atoms with Crippen LogP contribution < -0.4 is 5.32 Å². The number of halogens is 2. The molecule has 1 N–H and O–H groups in total. The van der Waals surface area contributed by atoms with Crippen LogP contribution in [0, 0.1) is 9.49 Å². The highest BCUT2D eigenvalue weighted by atomic mass is 127. The molecule has 1 aromatic rings. The Hall–Kier alpha value is -0.100. The lowest BCUT2D eigenvalue weighted by molar-refractivity contribution is 0.0935. The monoisotopic (exact) mass is 409 g/mol. The van der Waals surface area contributed by atoms with E-state index in [1.54, 1.807) is 0 Å². The van der Waals surface area contributed by atoms with Gasteiger partial charge >= 0.3 is 0 Å². The van der Waals surface area contributed by atoms with Gasteiger partial charge in [0.05, 0.1) is 5.56 Å². The van der Waals surface area contributed by atoms with Crippen LogP contribution in [0.3, 0.4) is 0 Å². The number of amides is 1. The molecule has 0 saturated carbocycles. The van der Waals surface area contributed by atoms with Gasteiger partial charge in [0, 0.05) is 14.1 Å². The summed E-state index contributed by atoms with van der Waals surface area (Å²) in [5.74, 6) is 0.577. The van der Waals surface area contributed by atoms with Gasteiger partial charge in [0.25, 0.3) is 5.91 Å². The molecule has 1 atom stereocenters. The Morgan fingerprint density at radius 2 is 2.06 bits per heavy atom. The molecule has 0 aliphatic heterocycles. The molecule has 1 amide bonds. The van der Waals surface area contributed by atoms with Crippen molar-refractivity contribution >= 4 is 44.4 Å². The molecule has 4 heteroatoms. The second-order valence-electron chi connectivity index (χ2n) is 4.63. The van der Waals surface area contributed by atoms with E-state index in [0.717, 1.165) is 14.5 Å². The highest BCUT2D eigenvalue weighted by Crippen LogP contribution is 2.19. The first-order valence-electron chi connectivity index (χ1n) is 5.66. The third kappa shape index (κ3) is 4.95. The average molecular weight is 410 g/mol. The van der Waals surface area contributed by atoms with Gasteiger partial charge in [-0.1, -0.05) is 13.8 Å². The largest absolute Gasteiger partial charge is 0.350 e. The number of hydrogen-bond acceptors (Lipinski definition) is 1. The number of hydrogen-bond donors (Lipinski definition) is 1. The Kier molecular flexibility index (Phi) is 5.92. The molecule has 17 heavy (non-hydrogen) atoms. The van der Waals surface area contributed by atoms with Crippen molar-refractivity contribution in [3.63, 3.8) is 0 Å². The van der Waals surface area contributed by atoms with Crippen molar-refractivity contribution in [1.82, 2.24) is 5.32 Å². The molecule has 1 unspecified atom stereocenters. The van der Waals surface area contributed by atoms with Crippen molar-refractivity contribution in [2.45, 2.75) is 33.2 Å². The second kappa shape index (κ2) is 6.73. The first-order valence-corrected chi connectivity index (χ1v) is 7.53. The Labute approximate surface area is 125 Å². The predicted octanol–water partition coefficient (Wildman–Crippen LogP) is 4.22. The first-order chi connectivity index (χ1) is 7.90. The van der Waals surface area contributed by atoms with Crippen molar-refractivity contribution < 1.29 is 4.79 Å². The Morgan fingerprint density at radius 1 is 1.41 bits per heavy atom. The quantitative estimate of drug-likeness (QED) is 0.741. The minimum Gasteiger partial charge on any atom is -0.350 e. The Bertz CT molecular complexity index is 406. The lowest BCUT2D eigenvalue weighted by Gasteiger charge is -2.16. The van der Waals surface area contributed by atoms with E-state index in [-0.39, 0.29) is 11.9 Å². The summed E-state index contributed by atoms with van der Waals surface area (Å²) in [5, 5.41) is 3.02. The molecule has 0 spiro atoms. The smallest absolute Gasteiger partial charge is 0.252 e. The summed E-state index contributed by atoms with van der Waals surface area (Å²) in [7, 11) is 0. The van der Waals surface area contributed by atoms with Crippen molar-refractivity contribution in [3.8, 4) is 0 Å². The zero-order valence-electron chi connectivity index (χ0n) is 10.3.